The Kier molecular flexibility index (Phi) is 6.60. The Bertz CT molecular complexity index is 1280. The first-order valence-electron chi connectivity index (χ1n) is 11.5. The summed E-state index contributed by atoms with van der Waals surface area (Å²) in [5, 5.41) is 7.42. The summed E-state index contributed by atoms with van der Waals surface area (Å²) in [6, 6.07) is 25.3. The summed E-state index contributed by atoms with van der Waals surface area (Å²) in [4.78, 5) is 29.8. The summed E-state index contributed by atoms with van der Waals surface area (Å²) in [6.45, 7) is 4.74. The van der Waals surface area contributed by atoms with Crippen LogP contribution in [0.25, 0.3) is 11.1 Å². The maximum Gasteiger partial charge on any atom is 0.300 e. The first-order chi connectivity index (χ1) is 16.7. The van der Waals surface area contributed by atoms with Crippen LogP contribution >= 0.6 is 0 Å². The Hall–Kier alpha value is -4.13. The average molecular weight is 471 g/mol. The normalized spacial score (nSPS) is 18.4. The van der Waals surface area contributed by atoms with E-state index >= 15 is 0 Å². The molecule has 0 bridgehead atoms. The fourth-order valence-corrected chi connectivity index (χ4v) is 4.79. The first-order valence-corrected chi connectivity index (χ1v) is 11.5. The van der Waals surface area contributed by atoms with Crippen molar-refractivity contribution in [2.75, 3.05) is 13.6 Å². The maximum atomic E-state index is 11.9. The minimum absolute atomic E-state index is 0.109. The summed E-state index contributed by atoms with van der Waals surface area (Å²) in [5.74, 6) is -0.176. The van der Waals surface area contributed by atoms with E-state index in [1.54, 1.807) is 6.92 Å². The van der Waals surface area contributed by atoms with Gasteiger partial charge in [0.05, 0.1) is 6.54 Å². The largest absolute Gasteiger partial charge is 0.481 e. The third-order valence-electron chi connectivity index (χ3n) is 6.49. The van der Waals surface area contributed by atoms with Crippen molar-refractivity contribution >= 4 is 17.8 Å². The zero-order chi connectivity index (χ0) is 25.2. The van der Waals surface area contributed by atoms with Gasteiger partial charge in [-0.15, -0.1) is 0 Å². The number of nitrogens with zero attached hydrogens (tertiary/aromatic N) is 3. The van der Waals surface area contributed by atoms with Crippen molar-refractivity contribution in [3.63, 3.8) is 0 Å². The van der Waals surface area contributed by atoms with Crippen LogP contribution in [0.5, 0.6) is 0 Å². The van der Waals surface area contributed by atoms with E-state index in [0.717, 1.165) is 23.6 Å². The molecule has 1 amide bonds. The molecule has 7 heteroatoms. The number of nitrogens with two attached hydrogens (primary N) is 1. The summed E-state index contributed by atoms with van der Waals surface area (Å²) in [5.41, 5.74) is 12.7. The number of guanidine groups is 1. The molecule has 0 spiro atoms. The van der Waals surface area contributed by atoms with Gasteiger partial charge in [-0.25, -0.2) is 4.99 Å². The number of carboxylic acid groups (broad SMARTS) is 1. The Morgan fingerprint density at radius 3 is 2.23 bits per heavy atom. The molecule has 0 saturated carbocycles. The number of carboxylic acids is 1. The van der Waals surface area contributed by atoms with Gasteiger partial charge in [0.1, 0.15) is 5.54 Å². The smallest absolute Gasteiger partial charge is 0.300 e. The van der Waals surface area contributed by atoms with Gasteiger partial charge >= 0.3 is 0 Å². The topological polar surface area (TPSA) is 99.2 Å². The number of hydrogen-bond acceptors (Lipinski definition) is 5. The lowest BCUT2D eigenvalue weighted by molar-refractivity contribution is -0.134. The van der Waals surface area contributed by atoms with Crippen LogP contribution in [0, 0.1) is 0 Å². The zero-order valence-corrected chi connectivity index (χ0v) is 20.2. The molecule has 2 aliphatic heterocycles. The van der Waals surface area contributed by atoms with Crippen LogP contribution in [0.4, 0.5) is 0 Å². The molecular formula is C28H30N4O3. The molecule has 1 unspecified atom stereocenters. The number of amides is 1. The highest BCUT2D eigenvalue weighted by Crippen LogP contribution is 2.40. The number of carbonyl (C=O) groups is 2. The molecule has 0 radical (unpaired) electrons. The van der Waals surface area contributed by atoms with Crippen LogP contribution in [-0.2, 0) is 28.2 Å². The van der Waals surface area contributed by atoms with E-state index in [9.17, 15) is 4.79 Å². The molecule has 0 fully saturated rings. The molecule has 2 aliphatic rings. The number of benzene rings is 3. The molecule has 2 heterocycles. The van der Waals surface area contributed by atoms with E-state index in [1.165, 1.54) is 16.7 Å². The van der Waals surface area contributed by atoms with Crippen molar-refractivity contribution in [3.8, 4) is 11.1 Å². The number of fused-ring (bicyclic) bond motifs is 1. The standard InChI is InChI=1S/C26H26N4O.C2H4O2/c1-18(31)30-15-20-9-7-13-23(24(20)16-30)19-8-6-12-22(14-19)26(17-29(2)25(27)28-26)21-10-4-3-5-11-21;1-2(3)4/h3-14H,15-17H2,1-2H3,(H2,27,28);1H3,(H,3,4). The SMILES string of the molecule is CC(=O)N1Cc2cccc(-c3cccc(C4(c5ccccc5)CN(C)C(N)=N4)c3)c2C1.CC(=O)O. The van der Waals surface area contributed by atoms with Gasteiger partial charge in [-0.3, -0.25) is 9.59 Å². The monoisotopic (exact) mass is 470 g/mol. The fourth-order valence-electron chi connectivity index (χ4n) is 4.79. The second-order valence-corrected chi connectivity index (χ2v) is 8.97. The van der Waals surface area contributed by atoms with Crippen LogP contribution in [-0.4, -0.2) is 46.3 Å². The number of hydrogen-bond donors (Lipinski definition) is 2. The van der Waals surface area contributed by atoms with Crippen LogP contribution in [0.15, 0.2) is 77.8 Å². The minimum Gasteiger partial charge on any atom is -0.481 e. The highest BCUT2D eigenvalue weighted by Gasteiger charge is 2.40. The summed E-state index contributed by atoms with van der Waals surface area (Å²) in [6.07, 6.45) is 0. The fraction of sp³-hybridized carbons (Fsp3) is 0.250. The lowest BCUT2D eigenvalue weighted by Gasteiger charge is -2.28. The lowest BCUT2D eigenvalue weighted by Crippen LogP contribution is -2.34. The van der Waals surface area contributed by atoms with Crippen molar-refractivity contribution in [2.45, 2.75) is 32.5 Å². The molecule has 7 nitrogen and oxygen atoms in total. The quantitative estimate of drug-likeness (QED) is 0.607. The lowest BCUT2D eigenvalue weighted by atomic mass is 9.82. The zero-order valence-electron chi connectivity index (χ0n) is 20.2. The van der Waals surface area contributed by atoms with Gasteiger partial charge in [-0.05, 0) is 39.4 Å². The molecular weight excluding hydrogens is 440 g/mol. The number of aliphatic imine (C=N–C) groups is 1. The van der Waals surface area contributed by atoms with Crippen LogP contribution in [0.2, 0.25) is 0 Å². The van der Waals surface area contributed by atoms with Crippen molar-refractivity contribution in [2.24, 2.45) is 10.7 Å². The Labute approximate surface area is 205 Å². The van der Waals surface area contributed by atoms with Crippen LogP contribution < -0.4 is 5.73 Å². The predicted octanol–water partition coefficient (Wildman–Crippen LogP) is 3.81. The number of rotatable bonds is 3. The number of aliphatic carboxylic acids is 1. The summed E-state index contributed by atoms with van der Waals surface area (Å²) in [7, 11) is 1.98. The van der Waals surface area contributed by atoms with Gasteiger partial charge in [0, 0.05) is 34.0 Å². The molecule has 5 rings (SSSR count). The minimum atomic E-state index is -0.833. The van der Waals surface area contributed by atoms with Crippen LogP contribution in [0.1, 0.15) is 36.1 Å². The van der Waals surface area contributed by atoms with Gasteiger partial charge < -0.3 is 20.6 Å². The van der Waals surface area contributed by atoms with Crippen molar-refractivity contribution in [3.05, 3.63) is 95.1 Å². The maximum absolute atomic E-state index is 11.9. The Morgan fingerprint density at radius 2 is 1.60 bits per heavy atom. The molecule has 0 aliphatic carbocycles. The van der Waals surface area contributed by atoms with E-state index in [-0.39, 0.29) is 5.91 Å². The van der Waals surface area contributed by atoms with Crippen molar-refractivity contribution in [1.29, 1.82) is 0 Å². The molecule has 180 valence electrons. The number of likely N-dealkylation sites (N-methyl/N-ethyl adjacent to an activating group) is 1. The predicted molar refractivity (Wildman–Crippen MR) is 137 cm³/mol. The highest BCUT2D eigenvalue weighted by molar-refractivity contribution is 5.82. The van der Waals surface area contributed by atoms with Gasteiger partial charge in [0.15, 0.2) is 5.96 Å². The Morgan fingerprint density at radius 1 is 0.943 bits per heavy atom. The molecule has 35 heavy (non-hydrogen) atoms. The van der Waals surface area contributed by atoms with Crippen LogP contribution in [0.3, 0.4) is 0 Å². The van der Waals surface area contributed by atoms with E-state index in [0.29, 0.717) is 25.6 Å². The highest BCUT2D eigenvalue weighted by atomic mass is 16.4. The molecule has 3 aromatic carbocycles. The molecule has 3 N–H and O–H groups in total. The molecule has 1 atom stereocenters. The van der Waals surface area contributed by atoms with Gasteiger partial charge in [0.25, 0.3) is 5.97 Å². The third kappa shape index (κ3) is 4.75. The number of carbonyl (C=O) groups excluding carboxylic acids is 1. The second kappa shape index (κ2) is 9.62. The van der Waals surface area contributed by atoms with E-state index < -0.39 is 11.5 Å². The molecule has 0 saturated heterocycles. The first kappa shape index (κ1) is 24.0. The average Bonchev–Trinajstić information content (AvgIpc) is 3.41. The van der Waals surface area contributed by atoms with E-state index in [1.807, 2.05) is 35.0 Å². The van der Waals surface area contributed by atoms with Gasteiger partial charge in [-0.1, -0.05) is 66.7 Å². The summed E-state index contributed by atoms with van der Waals surface area (Å²) >= 11 is 0. The van der Waals surface area contributed by atoms with E-state index in [2.05, 4.69) is 54.6 Å². The molecule has 3 aromatic rings. The van der Waals surface area contributed by atoms with Crippen molar-refractivity contribution < 1.29 is 14.7 Å². The second-order valence-electron chi connectivity index (χ2n) is 8.97. The summed E-state index contributed by atoms with van der Waals surface area (Å²) < 4.78 is 0. The van der Waals surface area contributed by atoms with Gasteiger partial charge in [-0.2, -0.15) is 0 Å². The molecule has 0 aromatic heterocycles. The third-order valence-corrected chi connectivity index (χ3v) is 6.49. The Balaban J connectivity index is 0.000000672. The van der Waals surface area contributed by atoms with E-state index in [4.69, 9.17) is 20.6 Å². The van der Waals surface area contributed by atoms with Crippen molar-refractivity contribution in [1.82, 2.24) is 9.80 Å². The van der Waals surface area contributed by atoms with Gasteiger partial charge in [0.2, 0.25) is 5.91 Å².